The van der Waals surface area contributed by atoms with Crippen LogP contribution in [-0.4, -0.2) is 17.5 Å². The van der Waals surface area contributed by atoms with Gasteiger partial charge >= 0.3 is 0 Å². The van der Waals surface area contributed by atoms with Crippen molar-refractivity contribution in [1.29, 1.82) is 0 Å². The van der Waals surface area contributed by atoms with Gasteiger partial charge in [0.25, 0.3) is 0 Å². The molecule has 0 amide bonds. The number of aryl methyl sites for hydroxylation is 1. The topological polar surface area (TPSA) is 75.3 Å². The third-order valence-corrected chi connectivity index (χ3v) is 2.96. The number of rotatable bonds is 3. The van der Waals surface area contributed by atoms with Gasteiger partial charge in [0, 0.05) is 17.6 Å². The van der Waals surface area contributed by atoms with E-state index in [0.29, 0.717) is 12.5 Å². The molecule has 1 aromatic heterocycles. The average molecular weight is 227 g/mol. The second-order valence-electron chi connectivity index (χ2n) is 3.16. The van der Waals surface area contributed by atoms with Crippen LogP contribution in [0.2, 0.25) is 0 Å². The summed E-state index contributed by atoms with van der Waals surface area (Å²) in [5.74, 6) is 5.93. The van der Waals surface area contributed by atoms with E-state index in [-0.39, 0.29) is 6.04 Å². The lowest BCUT2D eigenvalue weighted by molar-refractivity contribution is 0.682. The second kappa shape index (κ2) is 5.67. The van der Waals surface area contributed by atoms with Gasteiger partial charge in [0.05, 0.1) is 6.04 Å². The lowest BCUT2D eigenvalue weighted by Crippen LogP contribution is -2.42. The molecule has 0 aliphatic carbocycles. The number of thiazole rings is 1. The zero-order valence-electron chi connectivity index (χ0n) is 9.24. The first-order valence-corrected chi connectivity index (χ1v) is 5.75. The highest BCUT2D eigenvalue weighted by Gasteiger charge is 2.10. The fourth-order valence-electron chi connectivity index (χ4n) is 1.13. The van der Waals surface area contributed by atoms with Crippen molar-refractivity contribution in [3.8, 4) is 0 Å². The van der Waals surface area contributed by atoms with E-state index in [1.165, 1.54) is 0 Å². The van der Waals surface area contributed by atoms with E-state index >= 15 is 0 Å². The molecule has 0 bridgehead atoms. The van der Waals surface area contributed by atoms with E-state index in [1.807, 2.05) is 26.2 Å². The fourth-order valence-corrected chi connectivity index (χ4v) is 1.93. The van der Waals surface area contributed by atoms with Gasteiger partial charge in [0.15, 0.2) is 0 Å². The molecular weight excluding hydrogens is 210 g/mol. The lowest BCUT2D eigenvalue weighted by Gasteiger charge is -2.13. The van der Waals surface area contributed by atoms with E-state index in [0.717, 1.165) is 10.7 Å². The van der Waals surface area contributed by atoms with Gasteiger partial charge in [-0.15, -0.1) is 11.3 Å². The first kappa shape index (κ1) is 11.9. The maximum Gasteiger partial charge on any atom is 0.206 e. The van der Waals surface area contributed by atoms with Crippen molar-refractivity contribution in [2.45, 2.75) is 26.8 Å². The van der Waals surface area contributed by atoms with Crippen LogP contribution < -0.4 is 16.6 Å². The molecule has 6 heteroatoms. The highest BCUT2D eigenvalue weighted by Crippen LogP contribution is 2.16. The number of hydrazine groups is 1. The van der Waals surface area contributed by atoms with Gasteiger partial charge in [-0.1, -0.05) is 0 Å². The highest BCUT2D eigenvalue weighted by molar-refractivity contribution is 7.09. The molecular formula is C9H17N5S. The average Bonchev–Trinajstić information content (AvgIpc) is 2.64. The largest absolute Gasteiger partial charge is 0.346 e. The van der Waals surface area contributed by atoms with Crippen molar-refractivity contribution < 1.29 is 0 Å². The Morgan fingerprint density at radius 2 is 2.47 bits per heavy atom. The number of guanidine groups is 1. The predicted molar refractivity (Wildman–Crippen MR) is 63.7 cm³/mol. The number of aliphatic imine (C=N–C) groups is 1. The molecule has 0 spiro atoms. The minimum atomic E-state index is 0.116. The Balaban J connectivity index is 2.62. The highest BCUT2D eigenvalue weighted by atomic mass is 32.1. The van der Waals surface area contributed by atoms with Gasteiger partial charge in [-0.3, -0.25) is 10.4 Å². The van der Waals surface area contributed by atoms with Crippen molar-refractivity contribution in [3.05, 3.63) is 16.1 Å². The van der Waals surface area contributed by atoms with E-state index in [9.17, 15) is 0 Å². The number of aromatic nitrogens is 1. The third kappa shape index (κ3) is 3.49. The molecule has 0 saturated carbocycles. The SMILES string of the molecule is CCN=C(NN)NC(C)c1nc(C)cs1. The summed E-state index contributed by atoms with van der Waals surface area (Å²) in [4.78, 5) is 8.55. The number of hydrogen-bond acceptors (Lipinski definition) is 4. The molecule has 1 unspecified atom stereocenters. The van der Waals surface area contributed by atoms with E-state index < -0.39 is 0 Å². The molecule has 0 radical (unpaired) electrons. The zero-order valence-corrected chi connectivity index (χ0v) is 10.1. The summed E-state index contributed by atoms with van der Waals surface area (Å²) in [5.41, 5.74) is 3.57. The van der Waals surface area contributed by atoms with Crippen LogP contribution >= 0.6 is 11.3 Å². The summed E-state index contributed by atoms with van der Waals surface area (Å²) in [5, 5.41) is 6.22. The van der Waals surface area contributed by atoms with Crippen LogP contribution in [0.1, 0.15) is 30.6 Å². The van der Waals surface area contributed by atoms with Crippen molar-refractivity contribution >= 4 is 17.3 Å². The molecule has 0 aliphatic heterocycles. The van der Waals surface area contributed by atoms with Crippen LogP contribution in [-0.2, 0) is 0 Å². The van der Waals surface area contributed by atoms with Crippen molar-refractivity contribution in [3.63, 3.8) is 0 Å². The van der Waals surface area contributed by atoms with Crippen molar-refractivity contribution in [1.82, 2.24) is 15.7 Å². The molecule has 1 atom stereocenters. The zero-order chi connectivity index (χ0) is 11.3. The fraction of sp³-hybridized carbons (Fsp3) is 0.556. The summed E-state index contributed by atoms with van der Waals surface area (Å²) in [6, 6.07) is 0.116. The standard InChI is InChI=1S/C9H17N5S/c1-4-11-9(14-10)13-7(3)8-12-6(2)5-15-8/h5,7H,4,10H2,1-3H3,(H2,11,13,14). The lowest BCUT2D eigenvalue weighted by atomic mass is 10.3. The Morgan fingerprint density at radius 1 is 1.73 bits per heavy atom. The van der Waals surface area contributed by atoms with Gasteiger partial charge in [-0.05, 0) is 20.8 Å². The predicted octanol–water partition coefficient (Wildman–Crippen LogP) is 0.941. The third-order valence-electron chi connectivity index (χ3n) is 1.81. The molecule has 4 N–H and O–H groups in total. The van der Waals surface area contributed by atoms with Gasteiger partial charge in [0.1, 0.15) is 5.01 Å². The van der Waals surface area contributed by atoms with Crippen LogP contribution in [0.15, 0.2) is 10.4 Å². The number of nitrogens with zero attached hydrogens (tertiary/aromatic N) is 2. The summed E-state index contributed by atoms with van der Waals surface area (Å²) in [7, 11) is 0. The minimum Gasteiger partial charge on any atom is -0.346 e. The Labute approximate surface area is 93.8 Å². The van der Waals surface area contributed by atoms with Gasteiger partial charge in [-0.2, -0.15) is 0 Å². The summed E-state index contributed by atoms with van der Waals surface area (Å²) < 4.78 is 0. The minimum absolute atomic E-state index is 0.116. The Hall–Kier alpha value is -1.14. The Kier molecular flexibility index (Phi) is 4.51. The van der Waals surface area contributed by atoms with E-state index in [2.05, 4.69) is 20.7 Å². The maximum absolute atomic E-state index is 5.33. The molecule has 0 aromatic carbocycles. The van der Waals surface area contributed by atoms with Crippen molar-refractivity contribution in [2.75, 3.05) is 6.54 Å². The quantitative estimate of drug-likeness (QED) is 0.311. The number of nitrogens with one attached hydrogen (secondary N) is 2. The molecule has 15 heavy (non-hydrogen) atoms. The monoisotopic (exact) mass is 227 g/mol. The molecule has 1 rings (SSSR count). The molecule has 0 fully saturated rings. The molecule has 0 saturated heterocycles. The molecule has 1 heterocycles. The van der Waals surface area contributed by atoms with E-state index in [4.69, 9.17) is 5.84 Å². The van der Waals surface area contributed by atoms with Crippen LogP contribution in [0.25, 0.3) is 0 Å². The summed E-state index contributed by atoms with van der Waals surface area (Å²) in [6.07, 6.45) is 0. The van der Waals surface area contributed by atoms with Crippen LogP contribution in [0.3, 0.4) is 0 Å². The molecule has 0 aliphatic rings. The first-order chi connectivity index (χ1) is 7.17. The second-order valence-corrected chi connectivity index (χ2v) is 4.05. The van der Waals surface area contributed by atoms with Gasteiger partial charge in [0.2, 0.25) is 5.96 Å². The summed E-state index contributed by atoms with van der Waals surface area (Å²) >= 11 is 1.63. The molecule has 84 valence electrons. The van der Waals surface area contributed by atoms with Crippen LogP contribution in [0.4, 0.5) is 0 Å². The maximum atomic E-state index is 5.33. The molecule has 1 aromatic rings. The number of nitrogens with two attached hydrogens (primary N) is 1. The Bertz CT molecular complexity index is 333. The normalized spacial score (nSPS) is 13.7. The number of hydrogen-bond donors (Lipinski definition) is 3. The van der Waals surface area contributed by atoms with Crippen LogP contribution in [0, 0.1) is 6.92 Å². The Morgan fingerprint density at radius 3 is 2.93 bits per heavy atom. The first-order valence-electron chi connectivity index (χ1n) is 4.87. The molecule has 5 nitrogen and oxygen atoms in total. The van der Waals surface area contributed by atoms with Gasteiger partial charge < -0.3 is 5.32 Å². The van der Waals surface area contributed by atoms with Gasteiger partial charge in [-0.25, -0.2) is 10.8 Å². The summed E-state index contributed by atoms with van der Waals surface area (Å²) in [6.45, 7) is 6.66. The van der Waals surface area contributed by atoms with Crippen LogP contribution in [0.5, 0.6) is 0 Å². The van der Waals surface area contributed by atoms with E-state index in [1.54, 1.807) is 11.3 Å². The smallest absolute Gasteiger partial charge is 0.206 e. The van der Waals surface area contributed by atoms with Crippen molar-refractivity contribution in [2.24, 2.45) is 10.8 Å².